The fourth-order valence-electron chi connectivity index (χ4n) is 1.60. The molecule has 0 spiro atoms. The number of aromatic amines is 1. The lowest BCUT2D eigenvalue weighted by molar-refractivity contribution is 0.396. The Balaban J connectivity index is 2.45. The van der Waals surface area contributed by atoms with Gasteiger partial charge < -0.3 is 25.5 Å². The van der Waals surface area contributed by atoms with Crippen molar-refractivity contribution < 1.29 is 9.47 Å². The molecule has 0 amide bonds. The van der Waals surface area contributed by atoms with E-state index in [1.165, 1.54) is 20.5 Å². The number of hydrogen-bond acceptors (Lipinski definition) is 6. The number of benzene rings is 1. The van der Waals surface area contributed by atoms with Crippen LogP contribution >= 0.6 is 11.6 Å². The maximum Gasteiger partial charge on any atom is 0.276 e. The monoisotopic (exact) mass is 296 g/mol. The van der Waals surface area contributed by atoms with E-state index in [4.69, 9.17) is 26.8 Å². The number of nitrogens with two attached hydrogens (primary N) is 1. The van der Waals surface area contributed by atoms with Gasteiger partial charge in [-0.25, -0.2) is 4.98 Å². The summed E-state index contributed by atoms with van der Waals surface area (Å²) in [5, 5.41) is 3.29. The molecule has 0 saturated heterocycles. The number of anilines is 3. The van der Waals surface area contributed by atoms with Crippen molar-refractivity contribution in [3.8, 4) is 11.5 Å². The van der Waals surface area contributed by atoms with Gasteiger partial charge in [0, 0.05) is 6.07 Å². The molecule has 0 unspecified atom stereocenters. The first-order valence-electron chi connectivity index (χ1n) is 5.58. The van der Waals surface area contributed by atoms with E-state index in [1.54, 1.807) is 12.1 Å². The van der Waals surface area contributed by atoms with E-state index in [-0.39, 0.29) is 11.5 Å². The molecule has 106 valence electrons. The van der Waals surface area contributed by atoms with Crippen LogP contribution in [0.25, 0.3) is 0 Å². The molecule has 2 aromatic rings. The normalized spacial score (nSPS) is 10.2. The minimum Gasteiger partial charge on any atom is -0.495 e. The van der Waals surface area contributed by atoms with Gasteiger partial charge in [0.25, 0.3) is 5.56 Å². The zero-order valence-electron chi connectivity index (χ0n) is 10.9. The second-order valence-electron chi connectivity index (χ2n) is 3.81. The topological polar surface area (TPSA) is 102 Å². The molecule has 7 nitrogen and oxygen atoms in total. The number of hydrogen-bond donors (Lipinski definition) is 3. The summed E-state index contributed by atoms with van der Waals surface area (Å²) in [6.07, 6.45) is 1.25. The quantitative estimate of drug-likeness (QED) is 0.794. The van der Waals surface area contributed by atoms with Gasteiger partial charge >= 0.3 is 0 Å². The average Bonchev–Trinajstić information content (AvgIpc) is 2.44. The summed E-state index contributed by atoms with van der Waals surface area (Å²) >= 11 is 6.06. The maximum atomic E-state index is 11.4. The largest absolute Gasteiger partial charge is 0.495 e. The minimum absolute atomic E-state index is 0.0264. The Bertz CT molecular complexity index is 687. The molecule has 8 heteroatoms. The Hall–Kier alpha value is -2.41. The molecule has 2 rings (SSSR count). The number of aromatic nitrogens is 2. The van der Waals surface area contributed by atoms with Crippen molar-refractivity contribution in [1.29, 1.82) is 0 Å². The van der Waals surface area contributed by atoms with Crippen LogP contribution in [0.2, 0.25) is 5.02 Å². The molecule has 0 saturated carbocycles. The van der Waals surface area contributed by atoms with Crippen molar-refractivity contribution in [2.75, 3.05) is 25.3 Å². The Morgan fingerprint density at radius 3 is 2.65 bits per heavy atom. The highest BCUT2D eigenvalue weighted by Gasteiger charge is 2.12. The van der Waals surface area contributed by atoms with E-state index in [2.05, 4.69) is 15.3 Å². The lowest BCUT2D eigenvalue weighted by Gasteiger charge is -2.13. The van der Waals surface area contributed by atoms with Gasteiger partial charge in [0.05, 0.1) is 31.3 Å². The molecule has 0 atom stereocenters. The van der Waals surface area contributed by atoms with E-state index in [0.717, 1.165) is 0 Å². The summed E-state index contributed by atoms with van der Waals surface area (Å²) in [7, 11) is 3.01. The van der Waals surface area contributed by atoms with Crippen LogP contribution in [0.4, 0.5) is 17.2 Å². The number of halogens is 1. The molecular weight excluding hydrogens is 284 g/mol. The van der Waals surface area contributed by atoms with Crippen molar-refractivity contribution in [3.05, 3.63) is 33.8 Å². The molecule has 0 fully saturated rings. The predicted molar refractivity (Wildman–Crippen MR) is 77.1 cm³/mol. The molecule has 0 aliphatic rings. The predicted octanol–water partition coefficient (Wildman–Crippen LogP) is 1.77. The van der Waals surface area contributed by atoms with Crippen molar-refractivity contribution in [1.82, 2.24) is 9.97 Å². The lowest BCUT2D eigenvalue weighted by atomic mass is 10.2. The number of nitrogens with zero attached hydrogens (tertiary/aromatic N) is 1. The molecule has 1 aromatic carbocycles. The maximum absolute atomic E-state index is 11.4. The fourth-order valence-corrected chi connectivity index (χ4v) is 1.84. The second kappa shape index (κ2) is 5.70. The van der Waals surface area contributed by atoms with Crippen LogP contribution < -0.4 is 26.1 Å². The highest BCUT2D eigenvalue weighted by molar-refractivity contribution is 6.32. The zero-order valence-corrected chi connectivity index (χ0v) is 11.6. The smallest absolute Gasteiger partial charge is 0.276 e. The van der Waals surface area contributed by atoms with Gasteiger partial charge in [-0.05, 0) is 6.07 Å². The van der Waals surface area contributed by atoms with Gasteiger partial charge in [0.15, 0.2) is 5.82 Å². The van der Waals surface area contributed by atoms with Crippen LogP contribution in [0.3, 0.4) is 0 Å². The van der Waals surface area contributed by atoms with Crippen molar-refractivity contribution in [2.24, 2.45) is 0 Å². The summed E-state index contributed by atoms with van der Waals surface area (Å²) in [5.41, 5.74) is 5.71. The Kier molecular flexibility index (Phi) is 3.99. The first kappa shape index (κ1) is 14.0. The van der Waals surface area contributed by atoms with Crippen LogP contribution in [0, 0.1) is 0 Å². The fraction of sp³-hybridized carbons (Fsp3) is 0.167. The molecule has 0 radical (unpaired) electrons. The van der Waals surface area contributed by atoms with Gasteiger partial charge in [0.2, 0.25) is 0 Å². The van der Waals surface area contributed by atoms with Crippen LogP contribution in [0.15, 0.2) is 23.3 Å². The molecule has 20 heavy (non-hydrogen) atoms. The minimum atomic E-state index is -0.430. The summed E-state index contributed by atoms with van der Waals surface area (Å²) in [5.74, 6) is 1.17. The Morgan fingerprint density at radius 1 is 1.30 bits per heavy atom. The zero-order chi connectivity index (χ0) is 14.7. The van der Waals surface area contributed by atoms with E-state index >= 15 is 0 Å². The molecule has 4 N–H and O–H groups in total. The highest BCUT2D eigenvalue weighted by Crippen LogP contribution is 2.37. The molecule has 0 aliphatic carbocycles. The number of H-pyrrole nitrogens is 1. The van der Waals surface area contributed by atoms with Gasteiger partial charge in [-0.1, -0.05) is 11.6 Å². The standard InChI is InChI=1S/C12H13ClN4O3/c1-19-8-4-9(20-2)7(3-6(8)13)17-11-10(14)12(18)16-5-15-11/h3-5H,14H2,1-2H3,(H2,15,16,17,18). The summed E-state index contributed by atoms with van der Waals surface area (Å²) in [6.45, 7) is 0. The van der Waals surface area contributed by atoms with Crippen molar-refractivity contribution in [2.45, 2.75) is 0 Å². The molecule has 0 aliphatic heterocycles. The van der Waals surface area contributed by atoms with E-state index in [1.807, 2.05) is 0 Å². The molecule has 1 heterocycles. The van der Waals surface area contributed by atoms with Gasteiger partial charge in [0.1, 0.15) is 17.2 Å². The Morgan fingerprint density at radius 2 is 2.00 bits per heavy atom. The van der Waals surface area contributed by atoms with Crippen LogP contribution in [0.5, 0.6) is 11.5 Å². The first-order valence-corrected chi connectivity index (χ1v) is 5.96. The SMILES string of the molecule is COc1cc(OC)c(Nc2nc[nH]c(=O)c2N)cc1Cl. The van der Waals surface area contributed by atoms with Crippen LogP contribution in [0.1, 0.15) is 0 Å². The number of methoxy groups -OCH3 is 2. The van der Waals surface area contributed by atoms with Gasteiger partial charge in [-0.3, -0.25) is 4.79 Å². The second-order valence-corrected chi connectivity index (χ2v) is 4.21. The summed E-state index contributed by atoms with van der Waals surface area (Å²) in [6, 6.07) is 3.22. The van der Waals surface area contributed by atoms with Crippen LogP contribution in [-0.4, -0.2) is 24.2 Å². The van der Waals surface area contributed by atoms with Crippen molar-refractivity contribution >= 4 is 28.8 Å². The highest BCUT2D eigenvalue weighted by atomic mass is 35.5. The van der Waals surface area contributed by atoms with Gasteiger partial charge in [-0.2, -0.15) is 0 Å². The molecule has 1 aromatic heterocycles. The lowest BCUT2D eigenvalue weighted by Crippen LogP contribution is -2.14. The third-order valence-electron chi connectivity index (χ3n) is 2.62. The van der Waals surface area contributed by atoms with E-state index in [9.17, 15) is 4.79 Å². The van der Waals surface area contributed by atoms with Gasteiger partial charge in [-0.15, -0.1) is 0 Å². The van der Waals surface area contributed by atoms with Crippen molar-refractivity contribution in [3.63, 3.8) is 0 Å². The Labute approximate surface area is 119 Å². The summed E-state index contributed by atoms with van der Waals surface area (Å²) < 4.78 is 10.3. The first-order chi connectivity index (χ1) is 9.56. The third kappa shape index (κ3) is 2.62. The van der Waals surface area contributed by atoms with E-state index < -0.39 is 5.56 Å². The number of nitrogens with one attached hydrogen (secondary N) is 2. The molecular formula is C12H13ClN4O3. The number of rotatable bonds is 4. The third-order valence-corrected chi connectivity index (χ3v) is 2.91. The number of nitrogen functional groups attached to an aromatic ring is 1. The number of ether oxygens (including phenoxy) is 2. The van der Waals surface area contributed by atoms with Crippen LogP contribution in [-0.2, 0) is 0 Å². The summed E-state index contributed by atoms with van der Waals surface area (Å²) in [4.78, 5) is 17.7. The molecule has 0 bridgehead atoms. The van der Waals surface area contributed by atoms with E-state index in [0.29, 0.717) is 22.2 Å². The average molecular weight is 297 g/mol.